The quantitative estimate of drug-likeness (QED) is 0.370. The summed E-state index contributed by atoms with van der Waals surface area (Å²) in [6.07, 6.45) is 0. The zero-order chi connectivity index (χ0) is 12.1. The highest BCUT2D eigenvalue weighted by atomic mass is 35.5. The van der Waals surface area contributed by atoms with Gasteiger partial charge >= 0.3 is 5.97 Å². The molecule has 0 spiro atoms. The molecule has 0 aliphatic heterocycles. The number of esters is 1. The normalized spacial score (nSPS) is 12.4. The molecule has 0 unspecified atom stereocenters. The molecule has 6 nitrogen and oxygen atoms in total. The average molecular weight is 279 g/mol. The fourth-order valence-corrected chi connectivity index (χ4v) is 4.48. The van der Waals surface area contributed by atoms with Crippen molar-refractivity contribution in [2.24, 2.45) is 0 Å². The summed E-state index contributed by atoms with van der Waals surface area (Å²) in [6, 6.07) is 0. The molecule has 0 fully saturated rings. The fraction of sp³-hybridized carbons (Fsp3) is 0.833. The Labute approximate surface area is 92.8 Å². The van der Waals surface area contributed by atoms with E-state index in [1.54, 1.807) is 0 Å². The number of hydrogen-bond acceptors (Lipinski definition) is 6. The molecule has 0 N–H and O–H groups in total. The van der Waals surface area contributed by atoms with E-state index in [1.165, 1.54) is 0 Å². The van der Waals surface area contributed by atoms with Crippen molar-refractivity contribution in [2.75, 3.05) is 24.0 Å². The summed E-state index contributed by atoms with van der Waals surface area (Å²) in [6.45, 7) is 0.624. The zero-order valence-corrected chi connectivity index (χ0v) is 10.4. The lowest BCUT2D eigenvalue weighted by atomic mass is 10.8. The minimum atomic E-state index is -4.31. The van der Waals surface area contributed by atoms with Gasteiger partial charge in [-0.05, 0) is 0 Å². The summed E-state index contributed by atoms with van der Waals surface area (Å²) in [5, 5.41) is 0. The van der Waals surface area contributed by atoms with Gasteiger partial charge in [0.2, 0.25) is 0 Å². The predicted octanol–water partition coefficient (Wildman–Crippen LogP) is -0.467. The molecule has 0 aromatic carbocycles. The van der Waals surface area contributed by atoms with Gasteiger partial charge in [-0.15, -0.1) is 11.6 Å². The van der Waals surface area contributed by atoms with E-state index >= 15 is 0 Å². The van der Waals surface area contributed by atoms with Crippen LogP contribution in [0.2, 0.25) is 0 Å². The molecular weight excluding hydrogens is 268 g/mol. The fourth-order valence-electron chi connectivity index (χ4n) is 0.636. The molecule has 15 heavy (non-hydrogen) atoms. The number of alkyl halides is 1. The molecule has 0 heterocycles. The molecular formula is C6H11ClO6S2. The van der Waals surface area contributed by atoms with Crippen LogP contribution in [0.3, 0.4) is 0 Å². The van der Waals surface area contributed by atoms with Gasteiger partial charge in [-0.25, -0.2) is 16.8 Å². The molecule has 0 saturated carbocycles. The van der Waals surface area contributed by atoms with Crippen LogP contribution in [0.4, 0.5) is 0 Å². The third-order valence-electron chi connectivity index (χ3n) is 1.35. The highest BCUT2D eigenvalue weighted by Crippen LogP contribution is 2.05. The first kappa shape index (κ1) is 14.7. The smallest absolute Gasteiger partial charge is 0.302 e. The number of rotatable bonds is 6. The van der Waals surface area contributed by atoms with Crippen molar-refractivity contribution >= 4 is 35.3 Å². The maximum Gasteiger partial charge on any atom is 0.302 e. The third kappa shape index (κ3) is 4.80. The zero-order valence-electron chi connectivity index (χ0n) is 7.97. The van der Waals surface area contributed by atoms with E-state index in [1.807, 2.05) is 0 Å². The molecule has 0 aromatic rings. The predicted molar refractivity (Wildman–Crippen MR) is 54.9 cm³/mol. The van der Waals surface area contributed by atoms with Crippen molar-refractivity contribution in [3.63, 3.8) is 0 Å². The molecule has 0 rings (SSSR count). The van der Waals surface area contributed by atoms with Crippen LogP contribution in [0.25, 0.3) is 0 Å². The Kier molecular flexibility index (Phi) is 5.54. The van der Waals surface area contributed by atoms with Gasteiger partial charge in [-0.2, -0.15) is 0 Å². The monoisotopic (exact) mass is 278 g/mol. The summed E-state index contributed by atoms with van der Waals surface area (Å²) in [5.41, 5.74) is 0. The van der Waals surface area contributed by atoms with Crippen LogP contribution >= 0.6 is 11.6 Å². The van der Waals surface area contributed by atoms with Gasteiger partial charge in [0.15, 0.2) is 0 Å². The van der Waals surface area contributed by atoms with E-state index in [4.69, 9.17) is 11.6 Å². The van der Waals surface area contributed by atoms with E-state index in [0.29, 0.717) is 0 Å². The van der Waals surface area contributed by atoms with Crippen molar-refractivity contribution in [3.05, 3.63) is 0 Å². The minimum absolute atomic E-state index is 0.296. The Morgan fingerprint density at radius 3 is 2.00 bits per heavy atom. The van der Waals surface area contributed by atoms with Crippen molar-refractivity contribution in [2.45, 2.75) is 6.92 Å². The van der Waals surface area contributed by atoms with Gasteiger partial charge in [0.05, 0.1) is 11.5 Å². The molecule has 0 aliphatic carbocycles. The first-order valence-electron chi connectivity index (χ1n) is 3.87. The number of carbonyl (C=O) groups excluding carboxylic acids is 1. The summed E-state index contributed by atoms with van der Waals surface area (Å²) in [5.74, 6) is -2.35. The second-order valence-electron chi connectivity index (χ2n) is 2.55. The van der Waals surface area contributed by atoms with Crippen LogP contribution in [0, 0.1) is 0 Å². The Bertz CT molecular complexity index is 409. The van der Waals surface area contributed by atoms with E-state index < -0.39 is 41.8 Å². The van der Waals surface area contributed by atoms with Crippen molar-refractivity contribution in [1.29, 1.82) is 0 Å². The Balaban J connectivity index is 4.50. The van der Waals surface area contributed by atoms with E-state index in [-0.39, 0.29) is 5.88 Å². The maximum atomic E-state index is 11.2. The topological polar surface area (TPSA) is 94.6 Å². The third-order valence-corrected chi connectivity index (χ3v) is 7.23. The van der Waals surface area contributed by atoms with Gasteiger partial charge in [0, 0.05) is 12.8 Å². The van der Waals surface area contributed by atoms with E-state index in [0.717, 1.165) is 6.92 Å². The molecule has 0 aromatic heterocycles. The molecule has 0 saturated heterocycles. The molecule has 90 valence electrons. The largest absolute Gasteiger partial charge is 0.465 e. The van der Waals surface area contributed by atoms with Gasteiger partial charge in [0.1, 0.15) is 6.61 Å². The van der Waals surface area contributed by atoms with Crippen LogP contribution in [-0.2, 0) is 27.3 Å². The van der Waals surface area contributed by atoms with Gasteiger partial charge in [-0.3, -0.25) is 4.79 Å². The second kappa shape index (κ2) is 5.66. The SMILES string of the molecule is CC(=O)OCCS(=O)(=O)S(=O)(=O)CCCl. The second-order valence-corrected chi connectivity index (χ2v) is 9.03. The van der Waals surface area contributed by atoms with Gasteiger partial charge in [-0.1, -0.05) is 0 Å². The highest BCUT2D eigenvalue weighted by molar-refractivity contribution is 8.67. The summed E-state index contributed by atoms with van der Waals surface area (Å²) >= 11 is 5.15. The van der Waals surface area contributed by atoms with Gasteiger partial charge < -0.3 is 4.74 Å². The minimum Gasteiger partial charge on any atom is -0.465 e. The molecule has 0 atom stereocenters. The van der Waals surface area contributed by atoms with Crippen molar-refractivity contribution < 1.29 is 26.4 Å². The van der Waals surface area contributed by atoms with Crippen LogP contribution < -0.4 is 0 Å². The summed E-state index contributed by atoms with van der Waals surface area (Å²) < 4.78 is 48.9. The lowest BCUT2D eigenvalue weighted by Gasteiger charge is -2.04. The Hall–Kier alpha value is -0.340. The van der Waals surface area contributed by atoms with Crippen LogP contribution in [-0.4, -0.2) is 46.8 Å². The van der Waals surface area contributed by atoms with E-state index in [9.17, 15) is 21.6 Å². The highest BCUT2D eigenvalue weighted by Gasteiger charge is 2.28. The molecule has 0 amide bonds. The Morgan fingerprint density at radius 2 is 1.60 bits per heavy atom. The first-order chi connectivity index (χ1) is 6.73. The van der Waals surface area contributed by atoms with E-state index in [2.05, 4.69) is 4.74 Å². The van der Waals surface area contributed by atoms with Crippen LogP contribution in [0.1, 0.15) is 6.92 Å². The number of ether oxygens (including phenoxy) is 1. The lowest BCUT2D eigenvalue weighted by Crippen LogP contribution is -2.25. The molecule has 0 radical (unpaired) electrons. The Morgan fingerprint density at radius 1 is 1.13 bits per heavy atom. The van der Waals surface area contributed by atoms with Crippen LogP contribution in [0.15, 0.2) is 0 Å². The van der Waals surface area contributed by atoms with Gasteiger partial charge in [0.25, 0.3) is 17.7 Å². The first-order valence-corrected chi connectivity index (χ1v) is 8.23. The molecule has 0 bridgehead atoms. The number of carbonyl (C=O) groups is 1. The average Bonchev–Trinajstić information content (AvgIpc) is 2.02. The molecule has 0 aliphatic rings. The van der Waals surface area contributed by atoms with Crippen LogP contribution in [0.5, 0.6) is 0 Å². The summed E-state index contributed by atoms with van der Waals surface area (Å²) in [4.78, 5) is 10.3. The number of halogens is 1. The van der Waals surface area contributed by atoms with Crippen molar-refractivity contribution in [1.82, 2.24) is 0 Å². The lowest BCUT2D eigenvalue weighted by molar-refractivity contribution is -0.140. The van der Waals surface area contributed by atoms with Crippen molar-refractivity contribution in [3.8, 4) is 0 Å². The number of hydrogen-bond donors (Lipinski definition) is 0. The summed E-state index contributed by atoms with van der Waals surface area (Å²) in [7, 11) is -8.57. The standard InChI is InChI=1S/C6H11ClO6S2/c1-6(8)13-3-5-15(11,12)14(9,10)4-2-7/h2-5H2,1H3. The maximum absolute atomic E-state index is 11.2. The molecule has 9 heteroatoms.